The minimum Gasteiger partial charge on any atom is -0.354 e. The summed E-state index contributed by atoms with van der Waals surface area (Å²) >= 11 is 0. The van der Waals surface area contributed by atoms with Crippen LogP contribution in [0.25, 0.3) is 0 Å². The molecule has 0 aliphatic rings. The summed E-state index contributed by atoms with van der Waals surface area (Å²) in [6.07, 6.45) is 0.807. The highest BCUT2D eigenvalue weighted by molar-refractivity contribution is 7.89. The molecule has 0 fully saturated rings. The zero-order valence-electron chi connectivity index (χ0n) is 11.6. The highest BCUT2D eigenvalue weighted by Crippen LogP contribution is 2.04. The Morgan fingerprint density at radius 1 is 1.28 bits per heavy atom. The Labute approximate surface area is 110 Å². The zero-order valence-corrected chi connectivity index (χ0v) is 12.4. The molecule has 0 radical (unpaired) electrons. The first-order valence-corrected chi connectivity index (χ1v) is 7.88. The van der Waals surface area contributed by atoms with Crippen LogP contribution >= 0.6 is 0 Å². The summed E-state index contributed by atoms with van der Waals surface area (Å²) in [7, 11) is -3.33. The molecule has 4 N–H and O–H groups in total. The van der Waals surface area contributed by atoms with Gasteiger partial charge in [0, 0.05) is 12.6 Å². The van der Waals surface area contributed by atoms with E-state index < -0.39 is 16.1 Å². The summed E-state index contributed by atoms with van der Waals surface area (Å²) in [5.41, 5.74) is 5.72. The van der Waals surface area contributed by atoms with Gasteiger partial charge in [0.25, 0.3) is 0 Å². The second kappa shape index (κ2) is 7.70. The standard InChI is InChI=1S/C11H25N3O3S/c1-5-9(4)10(12)11(15)13-6-7-18(16,17)14-8(2)3/h8-10,14H,5-7,12H2,1-4H3,(H,13,15). The number of nitrogens with two attached hydrogens (primary N) is 1. The van der Waals surface area contributed by atoms with Gasteiger partial charge in [-0.15, -0.1) is 0 Å². The van der Waals surface area contributed by atoms with Gasteiger partial charge in [-0.3, -0.25) is 4.79 Å². The summed E-state index contributed by atoms with van der Waals surface area (Å²) in [5.74, 6) is -0.357. The lowest BCUT2D eigenvalue weighted by molar-refractivity contribution is -0.123. The summed E-state index contributed by atoms with van der Waals surface area (Å²) in [6, 6.07) is -0.733. The predicted molar refractivity (Wildman–Crippen MR) is 72.5 cm³/mol. The van der Waals surface area contributed by atoms with Gasteiger partial charge < -0.3 is 11.1 Å². The van der Waals surface area contributed by atoms with Gasteiger partial charge >= 0.3 is 0 Å². The Hall–Kier alpha value is -0.660. The van der Waals surface area contributed by atoms with Crippen LogP contribution in [0.5, 0.6) is 0 Å². The second-order valence-electron chi connectivity index (χ2n) is 4.79. The fourth-order valence-electron chi connectivity index (χ4n) is 1.36. The second-order valence-corrected chi connectivity index (χ2v) is 6.67. The maximum Gasteiger partial charge on any atom is 0.237 e. The number of nitrogens with one attached hydrogen (secondary N) is 2. The largest absolute Gasteiger partial charge is 0.354 e. The van der Waals surface area contributed by atoms with E-state index in [4.69, 9.17) is 5.73 Å². The monoisotopic (exact) mass is 279 g/mol. The van der Waals surface area contributed by atoms with Crippen molar-refractivity contribution in [1.82, 2.24) is 10.0 Å². The van der Waals surface area contributed by atoms with Crippen LogP contribution in [-0.2, 0) is 14.8 Å². The minimum atomic E-state index is -3.33. The molecule has 0 bridgehead atoms. The van der Waals surface area contributed by atoms with Gasteiger partial charge in [0.2, 0.25) is 15.9 Å². The van der Waals surface area contributed by atoms with E-state index in [-0.39, 0.29) is 30.2 Å². The number of carbonyl (C=O) groups excluding carboxylic acids is 1. The van der Waals surface area contributed by atoms with Crippen LogP contribution in [0.4, 0.5) is 0 Å². The first-order chi connectivity index (χ1) is 8.19. The molecular weight excluding hydrogens is 254 g/mol. The van der Waals surface area contributed by atoms with Crippen molar-refractivity contribution in [3.63, 3.8) is 0 Å². The molecule has 0 saturated heterocycles. The third-order valence-electron chi connectivity index (χ3n) is 2.65. The average molecular weight is 279 g/mol. The van der Waals surface area contributed by atoms with E-state index in [0.717, 1.165) is 6.42 Å². The van der Waals surface area contributed by atoms with E-state index >= 15 is 0 Å². The number of hydrogen-bond acceptors (Lipinski definition) is 4. The number of hydrogen-bond donors (Lipinski definition) is 3. The van der Waals surface area contributed by atoms with E-state index in [0.29, 0.717) is 0 Å². The fraction of sp³-hybridized carbons (Fsp3) is 0.909. The van der Waals surface area contributed by atoms with Crippen LogP contribution < -0.4 is 15.8 Å². The summed E-state index contributed by atoms with van der Waals surface area (Å²) < 4.78 is 25.4. The molecule has 2 unspecified atom stereocenters. The number of amides is 1. The first kappa shape index (κ1) is 17.3. The fourth-order valence-corrected chi connectivity index (χ4v) is 2.56. The van der Waals surface area contributed by atoms with E-state index in [1.54, 1.807) is 13.8 Å². The molecule has 0 spiro atoms. The van der Waals surface area contributed by atoms with Crippen molar-refractivity contribution in [1.29, 1.82) is 0 Å². The molecule has 0 rings (SSSR count). The normalized spacial score (nSPS) is 15.4. The van der Waals surface area contributed by atoms with Crippen molar-refractivity contribution in [3.8, 4) is 0 Å². The first-order valence-electron chi connectivity index (χ1n) is 6.23. The van der Waals surface area contributed by atoms with Crippen LogP contribution in [0.15, 0.2) is 0 Å². The molecule has 108 valence electrons. The van der Waals surface area contributed by atoms with Crippen molar-refractivity contribution in [3.05, 3.63) is 0 Å². The maximum absolute atomic E-state index is 11.6. The molecule has 0 aliphatic carbocycles. The lowest BCUT2D eigenvalue weighted by atomic mass is 9.99. The van der Waals surface area contributed by atoms with E-state index in [1.165, 1.54) is 0 Å². The van der Waals surface area contributed by atoms with Crippen LogP contribution in [0, 0.1) is 5.92 Å². The van der Waals surface area contributed by atoms with Gasteiger partial charge in [-0.25, -0.2) is 13.1 Å². The highest BCUT2D eigenvalue weighted by atomic mass is 32.2. The molecule has 0 aromatic heterocycles. The van der Waals surface area contributed by atoms with Gasteiger partial charge in [-0.05, 0) is 19.8 Å². The van der Waals surface area contributed by atoms with Gasteiger partial charge in [0.1, 0.15) is 0 Å². The lowest BCUT2D eigenvalue weighted by Crippen LogP contribution is -2.46. The Morgan fingerprint density at radius 2 is 1.83 bits per heavy atom. The van der Waals surface area contributed by atoms with Gasteiger partial charge in [-0.1, -0.05) is 20.3 Å². The summed E-state index contributed by atoms with van der Waals surface area (Å²) in [5, 5.41) is 2.54. The van der Waals surface area contributed by atoms with Crippen molar-refractivity contribution >= 4 is 15.9 Å². The molecular formula is C11H25N3O3S. The lowest BCUT2D eigenvalue weighted by Gasteiger charge is -2.17. The van der Waals surface area contributed by atoms with Crippen molar-refractivity contribution < 1.29 is 13.2 Å². The molecule has 2 atom stereocenters. The number of rotatable bonds is 8. The molecule has 0 aliphatic heterocycles. The molecule has 0 saturated carbocycles. The molecule has 0 aromatic carbocycles. The van der Waals surface area contributed by atoms with Gasteiger partial charge in [0.15, 0.2) is 0 Å². The molecule has 18 heavy (non-hydrogen) atoms. The van der Waals surface area contributed by atoms with Crippen molar-refractivity contribution in [2.45, 2.75) is 46.2 Å². The number of carbonyl (C=O) groups is 1. The Balaban J connectivity index is 4.09. The Bertz CT molecular complexity index is 355. The molecule has 0 heterocycles. The van der Waals surface area contributed by atoms with Crippen LogP contribution in [0.3, 0.4) is 0 Å². The van der Waals surface area contributed by atoms with Crippen LogP contribution in [0.2, 0.25) is 0 Å². The van der Waals surface area contributed by atoms with Gasteiger partial charge in [-0.2, -0.15) is 0 Å². The zero-order chi connectivity index (χ0) is 14.3. The molecule has 6 nitrogen and oxygen atoms in total. The molecule has 1 amide bonds. The van der Waals surface area contributed by atoms with Crippen molar-refractivity contribution in [2.24, 2.45) is 11.7 Å². The van der Waals surface area contributed by atoms with Crippen molar-refractivity contribution in [2.75, 3.05) is 12.3 Å². The summed E-state index contributed by atoms with van der Waals surface area (Å²) in [4.78, 5) is 11.6. The van der Waals surface area contributed by atoms with E-state index in [2.05, 4.69) is 10.0 Å². The van der Waals surface area contributed by atoms with E-state index in [1.807, 2.05) is 13.8 Å². The third-order valence-corrected chi connectivity index (χ3v) is 4.22. The predicted octanol–water partition coefficient (Wildman–Crippen LogP) is -0.196. The Kier molecular flexibility index (Phi) is 7.42. The van der Waals surface area contributed by atoms with Gasteiger partial charge in [0.05, 0.1) is 11.8 Å². The number of sulfonamides is 1. The van der Waals surface area contributed by atoms with Crippen LogP contribution in [0.1, 0.15) is 34.1 Å². The maximum atomic E-state index is 11.6. The topological polar surface area (TPSA) is 101 Å². The Morgan fingerprint density at radius 3 is 2.28 bits per heavy atom. The smallest absolute Gasteiger partial charge is 0.237 e. The SMILES string of the molecule is CCC(C)C(N)C(=O)NCCS(=O)(=O)NC(C)C. The highest BCUT2D eigenvalue weighted by Gasteiger charge is 2.19. The third kappa shape index (κ3) is 6.93. The van der Waals surface area contributed by atoms with E-state index in [9.17, 15) is 13.2 Å². The van der Waals surface area contributed by atoms with Crippen LogP contribution in [-0.4, -0.2) is 38.7 Å². The quantitative estimate of drug-likeness (QED) is 0.573. The molecule has 0 aromatic rings. The average Bonchev–Trinajstić information content (AvgIpc) is 2.24. The molecule has 7 heteroatoms. The summed E-state index contributed by atoms with van der Waals surface area (Å²) in [6.45, 7) is 7.41. The minimum absolute atomic E-state index is 0.0744.